The topological polar surface area (TPSA) is 85.8 Å². The van der Waals surface area contributed by atoms with Crippen LogP contribution in [0.2, 0.25) is 0 Å². The van der Waals surface area contributed by atoms with Gasteiger partial charge in [0.25, 0.3) is 0 Å². The maximum atomic E-state index is 11.4. The van der Waals surface area contributed by atoms with Gasteiger partial charge in [-0.1, -0.05) is 42.8 Å². The highest BCUT2D eigenvalue weighted by Gasteiger charge is 2.14. The summed E-state index contributed by atoms with van der Waals surface area (Å²) in [5.74, 6) is -0.196. The number of rotatable bonds is 5. The van der Waals surface area contributed by atoms with Gasteiger partial charge in [-0.2, -0.15) is 0 Å². The molecule has 3 N–H and O–H groups in total. The summed E-state index contributed by atoms with van der Waals surface area (Å²) < 4.78 is 0. The smallest absolute Gasteiger partial charge is 0.241 e. The molecule has 1 fully saturated rings. The summed E-state index contributed by atoms with van der Waals surface area (Å²) in [4.78, 5) is 24.0. The van der Waals surface area contributed by atoms with Gasteiger partial charge in [0.1, 0.15) is 6.54 Å². The molecule has 0 radical (unpaired) electrons. The molecule has 1 saturated heterocycles. The molecule has 2 aliphatic heterocycles. The number of piperidine rings is 1. The van der Waals surface area contributed by atoms with Crippen molar-refractivity contribution in [1.29, 1.82) is 0 Å². The summed E-state index contributed by atoms with van der Waals surface area (Å²) >= 11 is 1.71. The molecule has 0 bridgehead atoms. The van der Waals surface area contributed by atoms with E-state index in [-0.39, 0.29) is 12.5 Å². The lowest BCUT2D eigenvalue weighted by Crippen LogP contribution is -2.32. The van der Waals surface area contributed by atoms with Crippen molar-refractivity contribution >= 4 is 17.2 Å². The minimum absolute atomic E-state index is 0.00382. The molecule has 0 spiro atoms. The van der Waals surface area contributed by atoms with Gasteiger partial charge < -0.3 is 16.0 Å². The Hall–Kier alpha value is -2.29. The van der Waals surface area contributed by atoms with Crippen molar-refractivity contribution in [3.63, 3.8) is 0 Å². The fourth-order valence-corrected chi connectivity index (χ4v) is 3.99. The number of benzene rings is 1. The minimum Gasteiger partial charge on any atom is -0.350 e. The van der Waals surface area contributed by atoms with Crippen LogP contribution in [-0.2, 0) is 24.4 Å². The van der Waals surface area contributed by atoms with Crippen LogP contribution in [0.3, 0.4) is 0 Å². The minimum atomic E-state index is -0.196. The molecule has 158 valence electrons. The van der Waals surface area contributed by atoms with Crippen LogP contribution in [0.25, 0.3) is 0 Å². The Morgan fingerprint density at radius 2 is 1.72 bits per heavy atom. The van der Waals surface area contributed by atoms with Gasteiger partial charge in [0.2, 0.25) is 5.91 Å². The maximum absolute atomic E-state index is 11.4. The van der Waals surface area contributed by atoms with Gasteiger partial charge in [-0.05, 0) is 37.6 Å². The van der Waals surface area contributed by atoms with Crippen LogP contribution in [0, 0.1) is 4.91 Å². The van der Waals surface area contributed by atoms with Crippen molar-refractivity contribution in [2.45, 2.75) is 38.9 Å². The fourth-order valence-electron chi connectivity index (χ4n) is 2.89. The molecule has 1 aromatic heterocycles. The highest BCUT2D eigenvalue weighted by molar-refractivity contribution is 7.12. The van der Waals surface area contributed by atoms with Crippen molar-refractivity contribution in [3.8, 4) is 0 Å². The normalized spacial score (nSPS) is 14.4. The van der Waals surface area contributed by atoms with E-state index in [1.807, 2.05) is 36.4 Å². The van der Waals surface area contributed by atoms with Gasteiger partial charge in [0.15, 0.2) is 0 Å². The molecule has 0 aliphatic carbocycles. The predicted molar refractivity (Wildman–Crippen MR) is 118 cm³/mol. The number of hydrogen-bond acceptors (Lipinski definition) is 6. The second-order valence-electron chi connectivity index (χ2n) is 6.90. The van der Waals surface area contributed by atoms with Crippen LogP contribution in [0.5, 0.6) is 0 Å². The standard InChI is InChI=1S/C10H14N4O2S.C6H6.C5H11N/c1-14(13-16)6-10(15)12-4-8-2-7-3-11-5-9(7)17-8;2*1-2-4-6-5-3-1/h2,11H,3-6H2,1H3,(H,12,15);1-6H;6H,1-5H2. The van der Waals surface area contributed by atoms with Crippen molar-refractivity contribution in [3.05, 3.63) is 62.7 Å². The molecule has 0 unspecified atom stereocenters. The summed E-state index contributed by atoms with van der Waals surface area (Å²) in [5.41, 5.74) is 1.32. The number of amides is 1. The lowest BCUT2D eigenvalue weighted by molar-refractivity contribution is -0.122. The molecule has 3 heterocycles. The average Bonchev–Trinajstić information content (AvgIpc) is 3.37. The van der Waals surface area contributed by atoms with Crippen LogP contribution in [0.4, 0.5) is 0 Å². The van der Waals surface area contributed by atoms with Crippen molar-refractivity contribution in [2.24, 2.45) is 5.29 Å². The van der Waals surface area contributed by atoms with E-state index in [0.717, 1.165) is 23.0 Å². The Morgan fingerprint density at radius 3 is 2.21 bits per heavy atom. The highest BCUT2D eigenvalue weighted by Crippen LogP contribution is 2.25. The Bertz CT molecular complexity index is 659. The molecular formula is C21H31N5O2S. The van der Waals surface area contributed by atoms with E-state index in [1.54, 1.807) is 11.3 Å². The Balaban J connectivity index is 0.000000202. The lowest BCUT2D eigenvalue weighted by atomic mass is 10.2. The molecule has 0 saturated carbocycles. The number of likely N-dealkylation sites (N-methyl/N-ethyl adjacent to an activating group) is 1. The van der Waals surface area contributed by atoms with E-state index >= 15 is 0 Å². The third-order valence-corrected chi connectivity index (χ3v) is 5.57. The first kappa shape index (κ1) is 23.0. The molecule has 8 heteroatoms. The summed E-state index contributed by atoms with van der Waals surface area (Å²) in [7, 11) is 1.47. The number of carbonyl (C=O) groups excluding carboxylic acids is 1. The lowest BCUT2D eigenvalue weighted by Gasteiger charge is -2.08. The SMILES string of the molecule is C1CCNCC1.CN(CC(=O)NCc1cc2c(s1)CNC2)N=O.c1ccccc1. The van der Waals surface area contributed by atoms with Gasteiger partial charge in [-0.15, -0.1) is 16.2 Å². The molecule has 1 amide bonds. The molecule has 7 nitrogen and oxygen atoms in total. The van der Waals surface area contributed by atoms with Gasteiger partial charge >= 0.3 is 0 Å². The van der Waals surface area contributed by atoms with Crippen LogP contribution < -0.4 is 16.0 Å². The first-order valence-electron chi connectivity index (χ1n) is 10.0. The number of carbonyl (C=O) groups is 1. The summed E-state index contributed by atoms with van der Waals surface area (Å²) in [6.45, 7) is 4.85. The van der Waals surface area contributed by atoms with E-state index < -0.39 is 0 Å². The quantitative estimate of drug-likeness (QED) is 0.514. The van der Waals surface area contributed by atoms with Crippen molar-refractivity contribution in [1.82, 2.24) is 21.0 Å². The molecular weight excluding hydrogens is 386 g/mol. The third kappa shape index (κ3) is 9.65. The Morgan fingerprint density at radius 1 is 1.07 bits per heavy atom. The van der Waals surface area contributed by atoms with E-state index in [4.69, 9.17) is 0 Å². The maximum Gasteiger partial charge on any atom is 0.241 e. The van der Waals surface area contributed by atoms with E-state index in [0.29, 0.717) is 6.54 Å². The molecule has 2 aromatic rings. The molecule has 2 aliphatic rings. The second kappa shape index (κ2) is 13.8. The Kier molecular flexibility index (Phi) is 11.0. The number of fused-ring (bicyclic) bond motifs is 1. The summed E-state index contributed by atoms with van der Waals surface area (Å²) in [6, 6.07) is 14.1. The van der Waals surface area contributed by atoms with Crippen LogP contribution in [0.1, 0.15) is 34.6 Å². The second-order valence-corrected chi connectivity index (χ2v) is 8.13. The van der Waals surface area contributed by atoms with Crippen LogP contribution in [-0.4, -0.2) is 37.6 Å². The van der Waals surface area contributed by atoms with Crippen LogP contribution in [0.15, 0.2) is 47.8 Å². The number of nitroso groups, excluding NO2 is 1. The third-order valence-electron chi connectivity index (χ3n) is 4.39. The van der Waals surface area contributed by atoms with Gasteiger partial charge in [0, 0.05) is 29.9 Å². The number of nitrogens with one attached hydrogen (secondary N) is 3. The molecule has 1 aromatic carbocycles. The zero-order valence-electron chi connectivity index (χ0n) is 17.0. The molecule has 29 heavy (non-hydrogen) atoms. The average molecular weight is 418 g/mol. The zero-order chi connectivity index (χ0) is 20.7. The summed E-state index contributed by atoms with van der Waals surface area (Å²) in [6.07, 6.45) is 4.22. The first-order valence-corrected chi connectivity index (χ1v) is 10.8. The monoisotopic (exact) mass is 417 g/mol. The molecule has 4 rings (SSSR count). The molecule has 0 atom stereocenters. The zero-order valence-corrected chi connectivity index (χ0v) is 17.8. The fraction of sp³-hybridized carbons (Fsp3) is 0.476. The van der Waals surface area contributed by atoms with E-state index in [2.05, 4.69) is 27.3 Å². The van der Waals surface area contributed by atoms with E-state index in [9.17, 15) is 9.70 Å². The number of thiophene rings is 1. The van der Waals surface area contributed by atoms with Crippen molar-refractivity contribution in [2.75, 3.05) is 26.7 Å². The van der Waals surface area contributed by atoms with Crippen molar-refractivity contribution < 1.29 is 4.79 Å². The largest absolute Gasteiger partial charge is 0.350 e. The van der Waals surface area contributed by atoms with Crippen LogP contribution >= 0.6 is 11.3 Å². The number of nitrogens with zero attached hydrogens (tertiary/aromatic N) is 2. The predicted octanol–water partition coefficient (Wildman–Crippen LogP) is 3.03. The Labute approximate surface area is 176 Å². The van der Waals surface area contributed by atoms with Gasteiger partial charge in [-0.25, -0.2) is 0 Å². The van der Waals surface area contributed by atoms with E-state index in [1.165, 1.54) is 49.8 Å². The number of hydrogen-bond donors (Lipinski definition) is 3. The summed E-state index contributed by atoms with van der Waals surface area (Å²) in [5, 5.41) is 13.0. The van der Waals surface area contributed by atoms with Gasteiger partial charge in [-0.3, -0.25) is 9.80 Å². The first-order chi connectivity index (χ1) is 14.2. The van der Waals surface area contributed by atoms with Gasteiger partial charge in [0.05, 0.1) is 11.8 Å². The highest BCUT2D eigenvalue weighted by atomic mass is 32.1.